The molecule has 0 radical (unpaired) electrons. The number of para-hydroxylation sites is 2. The van der Waals surface area contributed by atoms with E-state index in [4.69, 9.17) is 19.0 Å². The van der Waals surface area contributed by atoms with E-state index in [9.17, 15) is 9.59 Å². The number of hydrogen-bond donors (Lipinski definition) is 1. The van der Waals surface area contributed by atoms with Crippen molar-refractivity contribution >= 4 is 29.4 Å². The van der Waals surface area contributed by atoms with Gasteiger partial charge >= 0.3 is 6.09 Å². The summed E-state index contributed by atoms with van der Waals surface area (Å²) in [4.78, 5) is 34.4. The molecule has 0 spiro atoms. The number of hydroxylamine groups is 1. The fourth-order valence-electron chi connectivity index (χ4n) is 4.40. The molecule has 246 valence electrons. The molecule has 0 saturated carbocycles. The number of nitrogens with one attached hydrogen (secondary N) is 1. The van der Waals surface area contributed by atoms with Crippen LogP contribution in [0.3, 0.4) is 0 Å². The summed E-state index contributed by atoms with van der Waals surface area (Å²) in [7, 11) is 0. The highest BCUT2D eigenvalue weighted by atomic mass is 32.2. The normalized spacial score (nSPS) is 11.6. The first kappa shape index (κ1) is 34.1. The second-order valence-electron chi connectivity index (χ2n) is 11.7. The SMILES string of the molecule is CC(C)(C)ON(C(=O)[C@H](CSc1ccc(Oc2ccccc2)cc1)NC(=O)OCc1ccccc1)c1ccc(Oc2ccccc2)cc1. The van der Waals surface area contributed by atoms with Crippen LogP contribution < -0.4 is 19.9 Å². The standard InChI is InChI=1S/C39H38N2O6S/c1-39(2,3)47-41(30-19-21-33(22-20-30)45-31-15-9-5-10-16-31)37(42)36(40-38(43)44-27-29-13-7-4-8-14-29)28-48-35-25-23-34(24-26-35)46-32-17-11-6-12-18-32/h4-26,36H,27-28H2,1-3H3,(H,40,43)/t36-/m0/s1. The number of thioether (sulfide) groups is 1. The lowest BCUT2D eigenvalue weighted by molar-refractivity contribution is -0.133. The number of nitrogens with zero attached hydrogens (tertiary/aromatic N) is 1. The van der Waals surface area contributed by atoms with Crippen molar-refractivity contribution in [2.45, 2.75) is 43.9 Å². The molecule has 0 saturated heterocycles. The van der Waals surface area contributed by atoms with Crippen LogP contribution in [0, 0.1) is 0 Å². The van der Waals surface area contributed by atoms with Gasteiger partial charge in [0.05, 0.1) is 11.3 Å². The molecule has 48 heavy (non-hydrogen) atoms. The molecule has 5 aromatic rings. The third-order valence-corrected chi connectivity index (χ3v) is 7.74. The summed E-state index contributed by atoms with van der Waals surface area (Å²) in [5.74, 6) is 2.46. The molecule has 1 atom stereocenters. The zero-order valence-corrected chi connectivity index (χ0v) is 27.9. The van der Waals surface area contributed by atoms with Crippen LogP contribution in [0.15, 0.2) is 144 Å². The zero-order valence-electron chi connectivity index (χ0n) is 27.1. The van der Waals surface area contributed by atoms with Gasteiger partial charge in [-0.3, -0.25) is 9.63 Å². The number of amides is 2. The Hall–Kier alpha value is -5.25. The predicted octanol–water partition coefficient (Wildman–Crippen LogP) is 9.42. The van der Waals surface area contributed by atoms with Gasteiger partial charge in [-0.25, -0.2) is 4.79 Å². The van der Waals surface area contributed by atoms with Crippen molar-refractivity contribution in [3.63, 3.8) is 0 Å². The number of ether oxygens (including phenoxy) is 3. The summed E-state index contributed by atoms with van der Waals surface area (Å²) in [6.45, 7) is 5.62. The lowest BCUT2D eigenvalue weighted by Gasteiger charge is -2.32. The number of anilines is 1. The van der Waals surface area contributed by atoms with E-state index in [1.807, 2.05) is 136 Å². The minimum Gasteiger partial charge on any atom is -0.457 e. The Morgan fingerprint density at radius 3 is 1.67 bits per heavy atom. The molecule has 9 heteroatoms. The quantitative estimate of drug-likeness (QED) is 0.0993. The highest BCUT2D eigenvalue weighted by molar-refractivity contribution is 7.99. The maximum absolute atomic E-state index is 14.3. The van der Waals surface area contributed by atoms with Crippen molar-refractivity contribution in [3.05, 3.63) is 145 Å². The smallest absolute Gasteiger partial charge is 0.408 e. The van der Waals surface area contributed by atoms with Gasteiger partial charge in [0, 0.05) is 10.6 Å². The van der Waals surface area contributed by atoms with Gasteiger partial charge in [0.15, 0.2) is 0 Å². The third-order valence-electron chi connectivity index (χ3n) is 6.64. The van der Waals surface area contributed by atoms with Crippen LogP contribution in [-0.4, -0.2) is 29.4 Å². The van der Waals surface area contributed by atoms with E-state index in [2.05, 4.69) is 5.32 Å². The van der Waals surface area contributed by atoms with Gasteiger partial charge < -0.3 is 19.5 Å². The topological polar surface area (TPSA) is 86.3 Å². The van der Waals surface area contributed by atoms with E-state index < -0.39 is 23.6 Å². The van der Waals surface area contributed by atoms with Crippen molar-refractivity contribution in [3.8, 4) is 23.0 Å². The molecule has 2 amide bonds. The van der Waals surface area contributed by atoms with Crippen molar-refractivity contribution in [2.24, 2.45) is 0 Å². The number of carbonyl (C=O) groups excluding carboxylic acids is 2. The maximum Gasteiger partial charge on any atom is 0.408 e. The van der Waals surface area contributed by atoms with E-state index in [1.165, 1.54) is 16.8 Å². The molecule has 0 aromatic heterocycles. The Morgan fingerprint density at radius 2 is 1.15 bits per heavy atom. The van der Waals surface area contributed by atoms with Gasteiger partial charge in [0.2, 0.25) is 0 Å². The first-order valence-corrected chi connectivity index (χ1v) is 16.5. The highest BCUT2D eigenvalue weighted by Gasteiger charge is 2.32. The molecule has 0 bridgehead atoms. The van der Waals surface area contributed by atoms with Gasteiger partial charge in [-0.15, -0.1) is 11.8 Å². The number of rotatable bonds is 13. The molecule has 5 aromatic carbocycles. The number of hydrogen-bond acceptors (Lipinski definition) is 7. The highest BCUT2D eigenvalue weighted by Crippen LogP contribution is 2.29. The van der Waals surface area contributed by atoms with Gasteiger partial charge in [0.1, 0.15) is 35.6 Å². The molecule has 0 aliphatic rings. The first-order chi connectivity index (χ1) is 23.2. The molecular weight excluding hydrogens is 625 g/mol. The molecule has 5 rings (SSSR count). The van der Waals surface area contributed by atoms with E-state index >= 15 is 0 Å². The summed E-state index contributed by atoms with van der Waals surface area (Å²) in [5.41, 5.74) is 0.583. The minimum absolute atomic E-state index is 0.0642. The van der Waals surface area contributed by atoms with Gasteiger partial charge in [-0.2, -0.15) is 5.06 Å². The molecule has 0 unspecified atom stereocenters. The Bertz CT molecular complexity index is 1730. The number of carbonyl (C=O) groups is 2. The Kier molecular flexibility index (Phi) is 11.7. The third kappa shape index (κ3) is 10.7. The number of alkyl carbamates (subject to hydrolysis) is 1. The van der Waals surface area contributed by atoms with Crippen LogP contribution in [0.1, 0.15) is 26.3 Å². The molecule has 8 nitrogen and oxygen atoms in total. The maximum atomic E-state index is 14.3. The van der Waals surface area contributed by atoms with Crippen LogP contribution in [0.2, 0.25) is 0 Å². The van der Waals surface area contributed by atoms with E-state index in [0.717, 1.165) is 16.2 Å². The monoisotopic (exact) mass is 662 g/mol. The van der Waals surface area contributed by atoms with Crippen LogP contribution in [0.5, 0.6) is 23.0 Å². The average molecular weight is 663 g/mol. The molecule has 0 fully saturated rings. The lowest BCUT2D eigenvalue weighted by Crippen LogP contribution is -2.52. The van der Waals surface area contributed by atoms with Crippen LogP contribution >= 0.6 is 11.8 Å². The second kappa shape index (κ2) is 16.5. The fourth-order valence-corrected chi connectivity index (χ4v) is 5.32. The van der Waals surface area contributed by atoms with Crippen LogP contribution in [0.4, 0.5) is 10.5 Å². The average Bonchev–Trinajstić information content (AvgIpc) is 3.10. The Balaban J connectivity index is 1.33. The molecule has 0 aliphatic heterocycles. The first-order valence-electron chi connectivity index (χ1n) is 15.5. The van der Waals surface area contributed by atoms with Crippen LogP contribution in [-0.2, 0) is 21.0 Å². The molecular formula is C39H38N2O6S. The lowest BCUT2D eigenvalue weighted by atomic mass is 10.2. The van der Waals surface area contributed by atoms with Crippen molar-refractivity contribution in [1.82, 2.24) is 5.32 Å². The van der Waals surface area contributed by atoms with E-state index in [-0.39, 0.29) is 12.4 Å². The summed E-state index contributed by atoms with van der Waals surface area (Å²) < 4.78 is 17.3. The second-order valence-corrected chi connectivity index (χ2v) is 12.8. The largest absolute Gasteiger partial charge is 0.457 e. The summed E-state index contributed by atoms with van der Waals surface area (Å²) in [6.07, 6.45) is -0.716. The molecule has 1 N–H and O–H groups in total. The van der Waals surface area contributed by atoms with Crippen molar-refractivity contribution in [2.75, 3.05) is 10.8 Å². The van der Waals surface area contributed by atoms with Crippen molar-refractivity contribution in [1.29, 1.82) is 0 Å². The van der Waals surface area contributed by atoms with Gasteiger partial charge in [0.25, 0.3) is 5.91 Å². The Labute approximate surface area is 285 Å². The van der Waals surface area contributed by atoms with Gasteiger partial charge in [-0.05, 0) is 99.1 Å². The van der Waals surface area contributed by atoms with Crippen LogP contribution in [0.25, 0.3) is 0 Å². The van der Waals surface area contributed by atoms with E-state index in [0.29, 0.717) is 22.9 Å². The Morgan fingerprint density at radius 1 is 0.667 bits per heavy atom. The molecule has 0 heterocycles. The molecule has 0 aliphatic carbocycles. The summed E-state index contributed by atoms with van der Waals surface area (Å²) >= 11 is 1.41. The van der Waals surface area contributed by atoms with Gasteiger partial charge in [-0.1, -0.05) is 66.7 Å². The predicted molar refractivity (Wildman–Crippen MR) is 189 cm³/mol. The fraction of sp³-hybridized carbons (Fsp3) is 0.179. The van der Waals surface area contributed by atoms with E-state index in [1.54, 1.807) is 24.3 Å². The number of benzene rings is 5. The minimum atomic E-state index is -0.999. The van der Waals surface area contributed by atoms with Crippen molar-refractivity contribution < 1.29 is 28.6 Å². The summed E-state index contributed by atoms with van der Waals surface area (Å²) in [5, 5.41) is 4.01. The summed E-state index contributed by atoms with van der Waals surface area (Å²) in [6, 6.07) is 41.9. The zero-order chi connectivity index (χ0) is 33.8.